The summed E-state index contributed by atoms with van der Waals surface area (Å²) in [6.45, 7) is 12.4. The van der Waals surface area contributed by atoms with Crippen LogP contribution in [0.2, 0.25) is 0 Å². The molecule has 0 aliphatic rings. The number of nitrogens with zero attached hydrogens (tertiary/aromatic N) is 1. The Morgan fingerprint density at radius 2 is 1.75 bits per heavy atom. The van der Waals surface area contributed by atoms with E-state index < -0.39 is 0 Å². The molecule has 5 nitrogen and oxygen atoms in total. The average Bonchev–Trinajstić information content (AvgIpc) is 2.53. The van der Waals surface area contributed by atoms with Gasteiger partial charge in [-0.15, -0.1) is 0 Å². The van der Waals surface area contributed by atoms with Gasteiger partial charge in [-0.1, -0.05) is 22.9 Å². The van der Waals surface area contributed by atoms with Gasteiger partial charge in [0.25, 0.3) is 0 Å². The summed E-state index contributed by atoms with van der Waals surface area (Å²) >= 11 is 3.27. The fourth-order valence-electron chi connectivity index (χ4n) is 2.43. The fourth-order valence-corrected chi connectivity index (χ4v) is 2.88. The standard InChI is InChI=1S/C10H11BrO4.C8H19N/c1-13-6-15-10-7(5-12)3-8(11)4-9(10)14-2;1-6-9(7(2)3)8(4)5/h3-5H,6H2,1-2H3;7-8H,6H2,1-5H3. The van der Waals surface area contributed by atoms with Crippen LogP contribution < -0.4 is 9.47 Å². The predicted molar refractivity (Wildman–Crippen MR) is 101 cm³/mol. The van der Waals surface area contributed by atoms with Crippen molar-refractivity contribution in [3.05, 3.63) is 22.2 Å². The summed E-state index contributed by atoms with van der Waals surface area (Å²) in [7, 11) is 3.02. The van der Waals surface area contributed by atoms with Gasteiger partial charge in [-0.2, -0.15) is 0 Å². The molecular weight excluding hydrogens is 374 g/mol. The van der Waals surface area contributed by atoms with Gasteiger partial charge >= 0.3 is 0 Å². The average molecular weight is 404 g/mol. The van der Waals surface area contributed by atoms with Gasteiger partial charge in [-0.05, 0) is 46.4 Å². The third-order valence-electron chi connectivity index (χ3n) is 3.41. The summed E-state index contributed by atoms with van der Waals surface area (Å²) in [5.41, 5.74) is 0.415. The van der Waals surface area contributed by atoms with Crippen LogP contribution in [0.1, 0.15) is 45.0 Å². The van der Waals surface area contributed by atoms with Crippen LogP contribution in [0.5, 0.6) is 11.5 Å². The second-order valence-electron chi connectivity index (χ2n) is 5.71. The minimum absolute atomic E-state index is 0.0683. The van der Waals surface area contributed by atoms with Crippen LogP contribution in [0, 0.1) is 0 Å². The predicted octanol–water partition coefficient (Wildman–Crippen LogP) is 4.38. The van der Waals surface area contributed by atoms with Crippen LogP contribution in [0.3, 0.4) is 0 Å². The molecule has 1 aromatic carbocycles. The number of hydrogen-bond donors (Lipinski definition) is 0. The molecule has 1 aromatic rings. The normalized spacial score (nSPS) is 10.6. The highest BCUT2D eigenvalue weighted by Crippen LogP contribution is 2.33. The zero-order valence-corrected chi connectivity index (χ0v) is 17.3. The third-order valence-corrected chi connectivity index (χ3v) is 3.87. The Hall–Kier alpha value is -1.11. The highest BCUT2D eigenvalue weighted by molar-refractivity contribution is 9.10. The summed E-state index contributed by atoms with van der Waals surface area (Å²) in [6.07, 6.45) is 0.707. The number of carbonyl (C=O) groups is 1. The molecule has 0 bridgehead atoms. The van der Waals surface area contributed by atoms with Crippen molar-refractivity contribution in [3.63, 3.8) is 0 Å². The number of halogens is 1. The molecule has 0 N–H and O–H groups in total. The number of carbonyl (C=O) groups excluding carboxylic acids is 1. The lowest BCUT2D eigenvalue weighted by atomic mass is 10.2. The lowest BCUT2D eigenvalue weighted by Gasteiger charge is -2.28. The fraction of sp³-hybridized carbons (Fsp3) is 0.611. The molecule has 0 heterocycles. The van der Waals surface area contributed by atoms with Crippen molar-refractivity contribution < 1.29 is 19.0 Å². The third kappa shape index (κ3) is 7.64. The number of benzene rings is 1. The first-order valence-electron chi connectivity index (χ1n) is 8.02. The SMILES string of the molecule is CCN(C(C)C)C(C)C.COCOc1c(C=O)cc(Br)cc1OC. The van der Waals surface area contributed by atoms with Gasteiger partial charge in [0.1, 0.15) is 0 Å². The van der Waals surface area contributed by atoms with E-state index in [0.717, 1.165) is 11.0 Å². The van der Waals surface area contributed by atoms with Crippen molar-refractivity contribution >= 4 is 22.2 Å². The van der Waals surface area contributed by atoms with E-state index >= 15 is 0 Å². The zero-order valence-electron chi connectivity index (χ0n) is 15.8. The van der Waals surface area contributed by atoms with Gasteiger partial charge in [0.15, 0.2) is 24.6 Å². The van der Waals surface area contributed by atoms with Gasteiger partial charge in [0.05, 0.1) is 12.7 Å². The van der Waals surface area contributed by atoms with E-state index in [1.807, 2.05) is 0 Å². The Bertz CT molecular complexity index is 484. The number of aldehydes is 1. The number of rotatable bonds is 8. The van der Waals surface area contributed by atoms with E-state index in [9.17, 15) is 4.79 Å². The van der Waals surface area contributed by atoms with E-state index in [0.29, 0.717) is 35.4 Å². The molecule has 0 atom stereocenters. The molecule has 0 saturated carbocycles. The molecule has 0 radical (unpaired) electrons. The van der Waals surface area contributed by atoms with Crippen molar-refractivity contribution in [1.82, 2.24) is 4.90 Å². The molecule has 0 aromatic heterocycles. The molecule has 0 spiro atoms. The van der Waals surface area contributed by atoms with Crippen LogP contribution in [0.25, 0.3) is 0 Å². The highest BCUT2D eigenvalue weighted by atomic mass is 79.9. The van der Waals surface area contributed by atoms with Crippen LogP contribution in [0.4, 0.5) is 0 Å². The Labute approximate surface area is 154 Å². The molecule has 24 heavy (non-hydrogen) atoms. The zero-order chi connectivity index (χ0) is 18.7. The topological polar surface area (TPSA) is 48.0 Å². The lowest BCUT2D eigenvalue weighted by Crippen LogP contribution is -2.36. The second kappa shape index (κ2) is 12.3. The maximum Gasteiger partial charge on any atom is 0.188 e. The molecule has 0 aliphatic heterocycles. The van der Waals surface area contributed by atoms with Crippen LogP contribution in [0.15, 0.2) is 16.6 Å². The van der Waals surface area contributed by atoms with E-state index in [4.69, 9.17) is 14.2 Å². The van der Waals surface area contributed by atoms with Crippen molar-refractivity contribution in [2.24, 2.45) is 0 Å². The lowest BCUT2D eigenvalue weighted by molar-refractivity contribution is 0.0485. The summed E-state index contributed by atoms with van der Waals surface area (Å²) in [5, 5.41) is 0. The molecule has 0 fully saturated rings. The number of methoxy groups -OCH3 is 2. The first-order chi connectivity index (χ1) is 11.3. The molecule has 0 amide bonds. The maximum absolute atomic E-state index is 10.8. The van der Waals surface area contributed by atoms with Gasteiger partial charge in [0.2, 0.25) is 0 Å². The Balaban J connectivity index is 0.000000506. The van der Waals surface area contributed by atoms with Crippen LogP contribution in [-0.4, -0.2) is 50.8 Å². The van der Waals surface area contributed by atoms with Gasteiger partial charge < -0.3 is 14.2 Å². The minimum atomic E-state index is 0.0683. The monoisotopic (exact) mass is 403 g/mol. The number of hydrogen-bond acceptors (Lipinski definition) is 5. The van der Waals surface area contributed by atoms with Crippen LogP contribution in [-0.2, 0) is 4.74 Å². The second-order valence-corrected chi connectivity index (χ2v) is 6.63. The smallest absolute Gasteiger partial charge is 0.188 e. The van der Waals surface area contributed by atoms with Crippen molar-refractivity contribution in [2.45, 2.75) is 46.7 Å². The summed E-state index contributed by atoms with van der Waals surface area (Å²) < 4.78 is 15.9. The summed E-state index contributed by atoms with van der Waals surface area (Å²) in [4.78, 5) is 13.3. The largest absolute Gasteiger partial charge is 0.493 e. The molecule has 0 saturated heterocycles. The summed E-state index contributed by atoms with van der Waals surface area (Å²) in [6, 6.07) is 4.75. The highest BCUT2D eigenvalue weighted by Gasteiger charge is 2.12. The first kappa shape index (κ1) is 22.9. The van der Waals surface area contributed by atoms with E-state index in [1.54, 1.807) is 12.1 Å². The summed E-state index contributed by atoms with van der Waals surface area (Å²) in [5.74, 6) is 0.876. The first-order valence-corrected chi connectivity index (χ1v) is 8.81. The molecule has 6 heteroatoms. The van der Waals surface area contributed by atoms with Crippen molar-refractivity contribution in [1.29, 1.82) is 0 Å². The molecule has 1 rings (SSSR count). The Kier molecular flexibility index (Phi) is 11.7. The van der Waals surface area contributed by atoms with Crippen molar-refractivity contribution in [2.75, 3.05) is 27.6 Å². The molecule has 0 unspecified atom stereocenters. The minimum Gasteiger partial charge on any atom is -0.493 e. The molecule has 0 aliphatic carbocycles. The Morgan fingerprint density at radius 1 is 1.17 bits per heavy atom. The number of ether oxygens (including phenoxy) is 3. The van der Waals surface area contributed by atoms with E-state index in [1.165, 1.54) is 14.2 Å². The van der Waals surface area contributed by atoms with Gasteiger partial charge in [-0.25, -0.2) is 0 Å². The Morgan fingerprint density at radius 3 is 2.08 bits per heavy atom. The van der Waals surface area contributed by atoms with Gasteiger partial charge in [-0.3, -0.25) is 9.69 Å². The maximum atomic E-state index is 10.8. The van der Waals surface area contributed by atoms with Crippen molar-refractivity contribution in [3.8, 4) is 11.5 Å². The quantitative estimate of drug-likeness (QED) is 0.476. The molecule has 138 valence electrons. The molecular formula is C18H30BrNO4. The van der Waals surface area contributed by atoms with E-state index in [2.05, 4.69) is 55.4 Å². The van der Waals surface area contributed by atoms with Gasteiger partial charge in [0, 0.05) is 23.7 Å². The van der Waals surface area contributed by atoms with E-state index in [-0.39, 0.29) is 6.79 Å². The van der Waals surface area contributed by atoms with Crippen LogP contribution >= 0.6 is 15.9 Å².